The zero-order chi connectivity index (χ0) is 16.4. The zero-order valence-corrected chi connectivity index (χ0v) is 14.2. The third kappa shape index (κ3) is 3.73. The Balaban J connectivity index is 1.61. The van der Waals surface area contributed by atoms with E-state index >= 15 is 0 Å². The number of hydrogen-bond acceptors (Lipinski definition) is 3. The molecule has 7 heteroatoms. The van der Waals surface area contributed by atoms with E-state index in [-0.39, 0.29) is 11.9 Å². The van der Waals surface area contributed by atoms with Crippen molar-refractivity contribution in [2.75, 3.05) is 19.6 Å². The number of hydrogen-bond donors (Lipinski definition) is 1. The summed E-state index contributed by atoms with van der Waals surface area (Å²) in [5, 5.41) is 0. The molecule has 0 spiro atoms. The summed E-state index contributed by atoms with van der Waals surface area (Å²) in [4.78, 5) is 13.1. The zero-order valence-electron chi connectivity index (χ0n) is 13.4. The molecule has 0 saturated carbocycles. The molecular weight excluding hydrogens is 314 g/mol. The molecule has 0 radical (unpaired) electrons. The van der Waals surface area contributed by atoms with E-state index in [1.807, 2.05) is 18.2 Å². The van der Waals surface area contributed by atoms with Crippen molar-refractivity contribution in [1.29, 1.82) is 0 Å². The van der Waals surface area contributed by atoms with Crippen LogP contribution in [0.3, 0.4) is 0 Å². The number of amides is 1. The van der Waals surface area contributed by atoms with Gasteiger partial charge in [-0.1, -0.05) is 24.3 Å². The van der Waals surface area contributed by atoms with Crippen molar-refractivity contribution in [3.8, 4) is 0 Å². The largest absolute Gasteiger partial charge is 0.343 e. The minimum atomic E-state index is -3.48. The Kier molecular flexibility index (Phi) is 4.70. The van der Waals surface area contributed by atoms with Crippen molar-refractivity contribution in [3.63, 3.8) is 0 Å². The van der Waals surface area contributed by atoms with Crippen LogP contribution in [0.5, 0.6) is 0 Å². The molecule has 1 aromatic rings. The number of carbonyl (C=O) groups excluding carboxylic acids is 1. The lowest BCUT2D eigenvalue weighted by Crippen LogP contribution is -2.51. The highest BCUT2D eigenvalue weighted by atomic mass is 32.2. The normalized spacial score (nSPS) is 20.3. The molecule has 1 saturated heterocycles. The molecule has 2 aliphatic rings. The molecule has 0 aromatic heterocycles. The van der Waals surface area contributed by atoms with Gasteiger partial charge in [0.2, 0.25) is 5.91 Å². The van der Waals surface area contributed by atoms with Gasteiger partial charge in [-0.05, 0) is 30.4 Å². The third-order valence-electron chi connectivity index (χ3n) is 4.69. The summed E-state index contributed by atoms with van der Waals surface area (Å²) in [6.45, 7) is 3.73. The Hall–Kier alpha value is -1.44. The molecule has 1 amide bonds. The van der Waals surface area contributed by atoms with Gasteiger partial charge in [0.25, 0.3) is 10.2 Å². The third-order valence-corrected chi connectivity index (χ3v) is 6.31. The van der Waals surface area contributed by atoms with Gasteiger partial charge < -0.3 is 4.90 Å². The van der Waals surface area contributed by atoms with Gasteiger partial charge in [0.05, 0.1) is 0 Å². The number of nitrogens with zero attached hydrogens (tertiary/aromatic N) is 2. The Morgan fingerprint density at radius 2 is 1.78 bits per heavy atom. The van der Waals surface area contributed by atoms with E-state index in [0.717, 1.165) is 12.0 Å². The summed E-state index contributed by atoms with van der Waals surface area (Å²) in [6.07, 6.45) is 2.09. The fourth-order valence-electron chi connectivity index (χ4n) is 3.27. The van der Waals surface area contributed by atoms with Crippen LogP contribution in [0.2, 0.25) is 0 Å². The first-order chi connectivity index (χ1) is 11.0. The van der Waals surface area contributed by atoms with Gasteiger partial charge in [-0.3, -0.25) is 4.79 Å². The molecule has 0 unspecified atom stereocenters. The molecule has 3 rings (SSSR count). The van der Waals surface area contributed by atoms with Crippen molar-refractivity contribution >= 4 is 16.1 Å². The SMILES string of the molecule is CC(=O)N1CCC(NS(=O)(=O)N2CCc3ccccc3C2)CC1. The van der Waals surface area contributed by atoms with E-state index in [1.165, 1.54) is 9.87 Å². The predicted molar refractivity (Wildman–Crippen MR) is 87.9 cm³/mol. The predicted octanol–water partition coefficient (Wildman–Crippen LogP) is 0.890. The highest BCUT2D eigenvalue weighted by Gasteiger charge is 2.30. The molecular formula is C16H23N3O3S. The van der Waals surface area contributed by atoms with Gasteiger partial charge in [0.15, 0.2) is 0 Å². The van der Waals surface area contributed by atoms with E-state index < -0.39 is 10.2 Å². The fourth-order valence-corrected chi connectivity index (χ4v) is 4.72. The van der Waals surface area contributed by atoms with Gasteiger partial charge in [-0.2, -0.15) is 17.4 Å². The Morgan fingerprint density at radius 1 is 1.13 bits per heavy atom. The molecule has 2 aliphatic heterocycles. The maximum Gasteiger partial charge on any atom is 0.280 e. The van der Waals surface area contributed by atoms with Crippen molar-refractivity contribution in [1.82, 2.24) is 13.9 Å². The minimum absolute atomic E-state index is 0.0546. The lowest BCUT2D eigenvalue weighted by Gasteiger charge is -2.34. The number of carbonyl (C=O) groups is 1. The number of rotatable bonds is 3. The van der Waals surface area contributed by atoms with Crippen molar-refractivity contribution in [2.24, 2.45) is 0 Å². The summed E-state index contributed by atoms with van der Waals surface area (Å²) in [6, 6.07) is 7.89. The summed E-state index contributed by atoms with van der Waals surface area (Å²) >= 11 is 0. The second-order valence-electron chi connectivity index (χ2n) is 6.26. The second-order valence-corrected chi connectivity index (χ2v) is 7.96. The van der Waals surface area contributed by atoms with Crippen LogP contribution in [-0.4, -0.2) is 49.2 Å². The Labute approximate surface area is 137 Å². The van der Waals surface area contributed by atoms with Gasteiger partial charge in [-0.25, -0.2) is 0 Å². The van der Waals surface area contributed by atoms with Gasteiger partial charge >= 0.3 is 0 Å². The molecule has 1 aromatic carbocycles. The lowest BCUT2D eigenvalue weighted by molar-refractivity contribution is -0.129. The van der Waals surface area contributed by atoms with Crippen LogP contribution < -0.4 is 4.72 Å². The van der Waals surface area contributed by atoms with E-state index in [9.17, 15) is 13.2 Å². The van der Waals surface area contributed by atoms with Crippen LogP contribution in [-0.2, 0) is 28.0 Å². The number of fused-ring (bicyclic) bond motifs is 1. The highest BCUT2D eigenvalue weighted by Crippen LogP contribution is 2.21. The minimum Gasteiger partial charge on any atom is -0.343 e. The number of likely N-dealkylation sites (tertiary alicyclic amines) is 1. The summed E-state index contributed by atoms with van der Waals surface area (Å²) < 4.78 is 29.6. The van der Waals surface area contributed by atoms with Crippen molar-refractivity contribution in [2.45, 2.75) is 38.8 Å². The topological polar surface area (TPSA) is 69.7 Å². The van der Waals surface area contributed by atoms with Crippen LogP contribution in [0.15, 0.2) is 24.3 Å². The van der Waals surface area contributed by atoms with Crippen molar-refractivity contribution < 1.29 is 13.2 Å². The molecule has 2 heterocycles. The van der Waals surface area contributed by atoms with Gasteiger partial charge in [0.1, 0.15) is 0 Å². The fraction of sp³-hybridized carbons (Fsp3) is 0.562. The molecule has 1 fully saturated rings. The smallest absolute Gasteiger partial charge is 0.280 e. The first kappa shape index (κ1) is 16.4. The molecule has 0 bridgehead atoms. The highest BCUT2D eigenvalue weighted by molar-refractivity contribution is 7.87. The van der Waals surface area contributed by atoms with Crippen LogP contribution in [0.4, 0.5) is 0 Å². The monoisotopic (exact) mass is 337 g/mol. The first-order valence-corrected chi connectivity index (χ1v) is 9.49. The molecule has 0 atom stereocenters. The average Bonchev–Trinajstić information content (AvgIpc) is 2.54. The molecule has 23 heavy (non-hydrogen) atoms. The van der Waals surface area contributed by atoms with Gasteiger partial charge in [0, 0.05) is 39.1 Å². The lowest BCUT2D eigenvalue weighted by atomic mass is 10.0. The van der Waals surface area contributed by atoms with Crippen LogP contribution >= 0.6 is 0 Å². The molecule has 0 aliphatic carbocycles. The Morgan fingerprint density at radius 3 is 2.43 bits per heavy atom. The molecule has 1 N–H and O–H groups in total. The average molecular weight is 337 g/mol. The van der Waals surface area contributed by atoms with E-state index in [1.54, 1.807) is 11.8 Å². The van der Waals surface area contributed by atoms with E-state index in [2.05, 4.69) is 10.8 Å². The van der Waals surface area contributed by atoms with Crippen molar-refractivity contribution in [3.05, 3.63) is 35.4 Å². The summed E-state index contributed by atoms with van der Waals surface area (Å²) in [7, 11) is -3.48. The standard InChI is InChI=1S/C16H23N3O3S/c1-13(20)18-9-7-16(8-10-18)17-23(21,22)19-11-6-14-4-2-3-5-15(14)12-19/h2-5,16-17H,6-12H2,1H3. The quantitative estimate of drug-likeness (QED) is 0.890. The van der Waals surface area contributed by atoms with Gasteiger partial charge in [-0.15, -0.1) is 0 Å². The molecule has 6 nitrogen and oxygen atoms in total. The van der Waals surface area contributed by atoms with E-state index in [0.29, 0.717) is 39.0 Å². The number of piperidine rings is 1. The first-order valence-electron chi connectivity index (χ1n) is 8.05. The maximum absolute atomic E-state index is 12.6. The second kappa shape index (κ2) is 6.59. The summed E-state index contributed by atoms with van der Waals surface area (Å²) in [5.41, 5.74) is 2.31. The van der Waals surface area contributed by atoms with Crippen LogP contribution in [0.25, 0.3) is 0 Å². The van der Waals surface area contributed by atoms with E-state index in [4.69, 9.17) is 0 Å². The number of nitrogens with one attached hydrogen (secondary N) is 1. The Bertz CT molecular complexity index is 682. The molecule has 126 valence electrons. The van der Waals surface area contributed by atoms with Crippen LogP contribution in [0, 0.1) is 0 Å². The van der Waals surface area contributed by atoms with Crippen LogP contribution in [0.1, 0.15) is 30.9 Å². The maximum atomic E-state index is 12.6. The summed E-state index contributed by atoms with van der Waals surface area (Å²) in [5.74, 6) is 0.0546. The number of benzene rings is 1.